The van der Waals surface area contributed by atoms with Gasteiger partial charge in [-0.3, -0.25) is 0 Å². The van der Waals surface area contributed by atoms with E-state index in [4.69, 9.17) is 0 Å². The largest absolute Gasteiger partial charge is 0.0622 e. The van der Waals surface area contributed by atoms with Gasteiger partial charge in [0.05, 0.1) is 0 Å². The van der Waals surface area contributed by atoms with Crippen LogP contribution in [0.5, 0.6) is 0 Å². The highest BCUT2D eigenvalue weighted by atomic mass is 14.2. The zero-order valence-corrected chi connectivity index (χ0v) is 23.0. The van der Waals surface area contributed by atoms with Crippen molar-refractivity contribution in [1.29, 1.82) is 0 Å². The third kappa shape index (κ3) is 3.42. The van der Waals surface area contributed by atoms with Crippen LogP contribution in [0.2, 0.25) is 0 Å². The first-order valence-electron chi connectivity index (χ1n) is 14.6. The molecule has 0 spiro atoms. The van der Waals surface area contributed by atoms with E-state index < -0.39 is 0 Å². The lowest BCUT2D eigenvalue weighted by molar-refractivity contribution is 1.67. The molecule has 9 rings (SSSR count). The molecule has 0 radical (unpaired) electrons. The summed E-state index contributed by atoms with van der Waals surface area (Å²) >= 11 is 0. The molecular weight excluding hydrogens is 504 g/mol. The Morgan fingerprint density at radius 3 is 1.45 bits per heavy atom. The van der Waals surface area contributed by atoms with Gasteiger partial charge in [0.2, 0.25) is 0 Å². The van der Waals surface area contributed by atoms with Gasteiger partial charge >= 0.3 is 0 Å². The van der Waals surface area contributed by atoms with E-state index in [1.807, 2.05) is 0 Å². The van der Waals surface area contributed by atoms with E-state index in [-0.39, 0.29) is 0 Å². The van der Waals surface area contributed by atoms with E-state index in [0.29, 0.717) is 0 Å². The summed E-state index contributed by atoms with van der Waals surface area (Å²) in [7, 11) is 0. The topological polar surface area (TPSA) is 0 Å². The van der Waals surface area contributed by atoms with E-state index in [0.717, 1.165) is 0 Å². The first-order valence-corrected chi connectivity index (χ1v) is 14.6. The van der Waals surface area contributed by atoms with Gasteiger partial charge in [-0.2, -0.15) is 0 Å². The van der Waals surface area contributed by atoms with Crippen LogP contribution in [0.25, 0.3) is 86.9 Å². The van der Waals surface area contributed by atoms with Gasteiger partial charge in [-0.15, -0.1) is 0 Å². The lowest BCUT2D eigenvalue weighted by Gasteiger charge is -2.20. The van der Waals surface area contributed by atoms with Crippen molar-refractivity contribution in [2.45, 2.75) is 0 Å². The van der Waals surface area contributed by atoms with Crippen LogP contribution in [-0.4, -0.2) is 0 Å². The Morgan fingerprint density at radius 1 is 0.238 bits per heavy atom. The molecule has 0 aliphatic heterocycles. The van der Waals surface area contributed by atoms with E-state index in [9.17, 15) is 0 Å². The molecule has 42 heavy (non-hydrogen) atoms. The van der Waals surface area contributed by atoms with Gasteiger partial charge in [0.1, 0.15) is 0 Å². The minimum atomic E-state index is 1.25. The van der Waals surface area contributed by atoms with Crippen LogP contribution in [0.3, 0.4) is 0 Å². The molecule has 0 aliphatic rings. The van der Waals surface area contributed by atoms with Gasteiger partial charge in [-0.1, -0.05) is 133 Å². The van der Waals surface area contributed by atoms with Crippen molar-refractivity contribution in [3.8, 4) is 22.3 Å². The number of hydrogen-bond acceptors (Lipinski definition) is 0. The summed E-state index contributed by atoms with van der Waals surface area (Å²) in [5.41, 5.74) is 5.12. The lowest BCUT2D eigenvalue weighted by atomic mass is 9.83. The number of benzene rings is 9. The Labute approximate surface area is 244 Å². The summed E-state index contributed by atoms with van der Waals surface area (Å²) in [5, 5.41) is 15.4. The van der Waals surface area contributed by atoms with Gasteiger partial charge in [0.15, 0.2) is 0 Å². The first-order chi connectivity index (χ1) is 20.8. The van der Waals surface area contributed by atoms with Crippen LogP contribution in [0.1, 0.15) is 0 Å². The highest BCUT2D eigenvalue weighted by Crippen LogP contribution is 2.47. The minimum absolute atomic E-state index is 1.25. The standard InChI is InChI=1S/C42H26/c1-2-11-27(12-3-1)41-36-17-8-9-18-37(36)42(40-26-31-16-7-6-15-30(31)25-39(40)41)35-20-10-19-33-34(35)22-21-32-23-28-13-4-5-14-29(28)24-38(32)33/h1-26H. The number of hydrogen-bond donors (Lipinski definition) is 0. The Morgan fingerprint density at radius 2 is 0.762 bits per heavy atom. The molecule has 0 nitrogen and oxygen atoms in total. The molecule has 0 unspecified atom stereocenters. The normalized spacial score (nSPS) is 11.8. The Kier molecular flexibility index (Phi) is 5.00. The monoisotopic (exact) mass is 530 g/mol. The smallest absolute Gasteiger partial charge is 0.00199 e. The molecule has 9 aromatic carbocycles. The summed E-state index contributed by atoms with van der Waals surface area (Å²) in [6.07, 6.45) is 0. The molecular formula is C42H26. The van der Waals surface area contributed by atoms with Gasteiger partial charge in [0, 0.05) is 0 Å². The number of fused-ring (bicyclic) bond motifs is 7. The Balaban J connectivity index is 1.47. The molecule has 0 saturated carbocycles. The van der Waals surface area contributed by atoms with E-state index in [1.54, 1.807) is 0 Å². The van der Waals surface area contributed by atoms with Gasteiger partial charge in [-0.05, 0) is 111 Å². The summed E-state index contributed by atoms with van der Waals surface area (Å²) in [4.78, 5) is 0. The maximum Gasteiger partial charge on any atom is -0.00199 e. The molecule has 9 aromatic rings. The van der Waals surface area contributed by atoms with Gasteiger partial charge < -0.3 is 0 Å². The molecule has 0 N–H and O–H groups in total. The third-order valence-electron chi connectivity index (χ3n) is 8.97. The van der Waals surface area contributed by atoms with E-state index >= 15 is 0 Å². The van der Waals surface area contributed by atoms with Crippen LogP contribution in [0.15, 0.2) is 158 Å². The van der Waals surface area contributed by atoms with Crippen molar-refractivity contribution in [3.05, 3.63) is 158 Å². The lowest BCUT2D eigenvalue weighted by Crippen LogP contribution is -1.92. The van der Waals surface area contributed by atoms with Crippen molar-refractivity contribution >= 4 is 64.6 Å². The zero-order chi connectivity index (χ0) is 27.6. The van der Waals surface area contributed by atoms with E-state index in [2.05, 4.69) is 158 Å². The van der Waals surface area contributed by atoms with Crippen LogP contribution in [0, 0.1) is 0 Å². The summed E-state index contributed by atoms with van der Waals surface area (Å²) in [6, 6.07) is 58.2. The molecule has 0 fully saturated rings. The molecule has 0 aromatic heterocycles. The highest BCUT2D eigenvalue weighted by molar-refractivity contribution is 6.26. The van der Waals surface area contributed by atoms with Crippen molar-refractivity contribution < 1.29 is 0 Å². The maximum atomic E-state index is 2.41. The predicted octanol–water partition coefficient (Wildman–Crippen LogP) is 11.9. The fourth-order valence-corrected chi connectivity index (χ4v) is 7.07. The van der Waals surface area contributed by atoms with Crippen LogP contribution in [-0.2, 0) is 0 Å². The van der Waals surface area contributed by atoms with Crippen molar-refractivity contribution in [2.75, 3.05) is 0 Å². The first kappa shape index (κ1) is 23.3. The van der Waals surface area contributed by atoms with E-state index in [1.165, 1.54) is 86.9 Å². The molecule has 0 aliphatic carbocycles. The fourth-order valence-electron chi connectivity index (χ4n) is 7.07. The summed E-state index contributed by atoms with van der Waals surface area (Å²) in [5.74, 6) is 0. The Bertz CT molecular complexity index is 2500. The van der Waals surface area contributed by atoms with Crippen molar-refractivity contribution in [2.24, 2.45) is 0 Å². The van der Waals surface area contributed by atoms with Crippen LogP contribution in [0.4, 0.5) is 0 Å². The zero-order valence-electron chi connectivity index (χ0n) is 23.0. The molecule has 0 atom stereocenters. The van der Waals surface area contributed by atoms with Crippen LogP contribution >= 0.6 is 0 Å². The second kappa shape index (κ2) is 9.03. The minimum Gasteiger partial charge on any atom is -0.0622 e. The molecule has 0 bridgehead atoms. The SMILES string of the molecule is c1ccc(-c2c3ccccc3c(-c3cccc4c3ccc3cc5ccccc5cc34)c3cc4ccccc4cc23)cc1. The average molecular weight is 531 g/mol. The average Bonchev–Trinajstić information content (AvgIpc) is 3.05. The summed E-state index contributed by atoms with van der Waals surface area (Å²) < 4.78 is 0. The van der Waals surface area contributed by atoms with Gasteiger partial charge in [-0.25, -0.2) is 0 Å². The molecule has 0 heteroatoms. The Hall–Kier alpha value is -5.46. The van der Waals surface area contributed by atoms with Crippen LogP contribution < -0.4 is 0 Å². The molecule has 0 heterocycles. The quantitative estimate of drug-likeness (QED) is 0.154. The maximum absolute atomic E-state index is 2.41. The van der Waals surface area contributed by atoms with Crippen molar-refractivity contribution in [1.82, 2.24) is 0 Å². The molecule has 194 valence electrons. The highest BCUT2D eigenvalue weighted by Gasteiger charge is 2.19. The van der Waals surface area contributed by atoms with Gasteiger partial charge in [0.25, 0.3) is 0 Å². The fraction of sp³-hybridized carbons (Fsp3) is 0. The second-order valence-electron chi connectivity index (χ2n) is 11.3. The second-order valence-corrected chi connectivity index (χ2v) is 11.3. The molecule has 0 saturated heterocycles. The summed E-state index contributed by atoms with van der Waals surface area (Å²) in [6.45, 7) is 0. The number of rotatable bonds is 2. The van der Waals surface area contributed by atoms with Crippen molar-refractivity contribution in [3.63, 3.8) is 0 Å². The predicted molar refractivity (Wildman–Crippen MR) is 182 cm³/mol. The molecule has 0 amide bonds. The third-order valence-corrected chi connectivity index (χ3v) is 8.97.